The first-order valence-electron chi connectivity index (χ1n) is 16.1. The molecule has 0 spiro atoms. The van der Waals surface area contributed by atoms with Crippen molar-refractivity contribution >= 4 is 70.1 Å². The van der Waals surface area contributed by atoms with Gasteiger partial charge in [-0.3, -0.25) is 10.3 Å². The van der Waals surface area contributed by atoms with Gasteiger partial charge in [0.25, 0.3) is 0 Å². The first-order valence-corrected chi connectivity index (χ1v) is 16.9. The number of nitrogens with zero attached hydrogens (tertiary/aromatic N) is 2. The van der Waals surface area contributed by atoms with Gasteiger partial charge in [0.15, 0.2) is 0 Å². The molecular weight excluding hydrogens is 609 g/mol. The van der Waals surface area contributed by atoms with E-state index in [2.05, 4.69) is 137 Å². The highest BCUT2D eigenvalue weighted by Crippen LogP contribution is 2.43. The van der Waals surface area contributed by atoms with Crippen LogP contribution in [0.1, 0.15) is 29.0 Å². The van der Waals surface area contributed by atoms with Crippen LogP contribution in [-0.4, -0.2) is 10.8 Å². The molecule has 0 amide bonds. The summed E-state index contributed by atoms with van der Waals surface area (Å²) in [6.45, 7) is 0. The lowest BCUT2D eigenvalue weighted by Gasteiger charge is -2.33. The van der Waals surface area contributed by atoms with E-state index in [4.69, 9.17) is 9.41 Å². The van der Waals surface area contributed by atoms with E-state index in [1.807, 2.05) is 29.7 Å². The SMILES string of the molecule is c1ccc(C2=NC(c3ccc4ccccc4c3)NC(c3cc(-c4cccc5sc6ccccc6c45)cc4oc5ccncc5c34)N2)cc1. The fourth-order valence-electron chi connectivity index (χ4n) is 7.19. The van der Waals surface area contributed by atoms with Crippen LogP contribution in [0, 0.1) is 0 Å². The molecule has 6 heteroatoms. The Kier molecular flexibility index (Phi) is 6.19. The molecule has 0 saturated heterocycles. The minimum Gasteiger partial charge on any atom is -0.456 e. The zero-order valence-corrected chi connectivity index (χ0v) is 26.5. The van der Waals surface area contributed by atoms with Crippen molar-refractivity contribution in [3.63, 3.8) is 0 Å². The third kappa shape index (κ3) is 4.42. The number of furan rings is 1. The molecule has 2 atom stereocenters. The second-order valence-electron chi connectivity index (χ2n) is 12.3. The zero-order chi connectivity index (χ0) is 31.6. The molecule has 0 fully saturated rings. The molecule has 10 rings (SSSR count). The van der Waals surface area contributed by atoms with Gasteiger partial charge >= 0.3 is 0 Å². The molecule has 6 aromatic carbocycles. The van der Waals surface area contributed by atoms with Crippen LogP contribution in [0.2, 0.25) is 0 Å². The molecule has 1 aliphatic rings. The van der Waals surface area contributed by atoms with E-state index >= 15 is 0 Å². The van der Waals surface area contributed by atoms with E-state index in [0.29, 0.717) is 0 Å². The fourth-order valence-corrected chi connectivity index (χ4v) is 8.32. The molecule has 2 unspecified atom stereocenters. The maximum Gasteiger partial charge on any atom is 0.138 e. The number of fused-ring (bicyclic) bond motifs is 7. The van der Waals surface area contributed by atoms with Crippen LogP contribution in [0.25, 0.3) is 64.0 Å². The summed E-state index contributed by atoms with van der Waals surface area (Å²) in [6, 6.07) is 47.2. The number of aromatic nitrogens is 1. The third-order valence-electron chi connectivity index (χ3n) is 9.43. The summed E-state index contributed by atoms with van der Waals surface area (Å²) >= 11 is 1.83. The second-order valence-corrected chi connectivity index (χ2v) is 13.4. The van der Waals surface area contributed by atoms with Crippen molar-refractivity contribution < 1.29 is 4.42 Å². The molecule has 5 nitrogen and oxygen atoms in total. The first kappa shape index (κ1) is 27.3. The van der Waals surface area contributed by atoms with Gasteiger partial charge < -0.3 is 9.73 Å². The summed E-state index contributed by atoms with van der Waals surface area (Å²) in [4.78, 5) is 9.74. The lowest BCUT2D eigenvalue weighted by Crippen LogP contribution is -2.45. The van der Waals surface area contributed by atoms with Crippen LogP contribution in [0.3, 0.4) is 0 Å². The predicted octanol–water partition coefficient (Wildman–Crippen LogP) is 10.5. The molecule has 9 aromatic rings. The Balaban J connectivity index is 1.20. The number of thiophene rings is 1. The van der Waals surface area contributed by atoms with Gasteiger partial charge in [-0.15, -0.1) is 11.3 Å². The minimum absolute atomic E-state index is 0.281. The number of rotatable bonds is 4. The smallest absolute Gasteiger partial charge is 0.138 e. The number of pyridine rings is 1. The van der Waals surface area contributed by atoms with E-state index in [1.54, 1.807) is 6.20 Å². The molecule has 0 bridgehead atoms. The summed E-state index contributed by atoms with van der Waals surface area (Å²) in [6.07, 6.45) is 3.13. The standard InChI is InChI=1S/C42H28N4OS/c1-2-10-26(11-3-1)40-44-41(28-18-17-25-9-4-5-12-27(25)21-28)46-42(45-40)32-22-29(23-35-38(32)33-24-43-20-19-34(33)47-35)30-14-8-16-37-39(30)31-13-6-7-15-36(31)48-37/h1-24,41-42,46H,(H,44,45). The Hall–Kier alpha value is -5.82. The van der Waals surface area contributed by atoms with Crippen molar-refractivity contribution in [2.45, 2.75) is 12.3 Å². The topological polar surface area (TPSA) is 62.5 Å². The Morgan fingerprint density at radius 1 is 0.625 bits per heavy atom. The number of benzene rings is 6. The maximum absolute atomic E-state index is 6.58. The minimum atomic E-state index is -0.282. The highest BCUT2D eigenvalue weighted by atomic mass is 32.1. The van der Waals surface area contributed by atoms with Crippen LogP contribution < -0.4 is 10.6 Å². The van der Waals surface area contributed by atoms with Crippen LogP contribution in [0.4, 0.5) is 0 Å². The number of hydrogen-bond donors (Lipinski definition) is 2. The highest BCUT2D eigenvalue weighted by Gasteiger charge is 2.29. The third-order valence-corrected chi connectivity index (χ3v) is 10.6. The summed E-state index contributed by atoms with van der Waals surface area (Å²) in [7, 11) is 0. The monoisotopic (exact) mass is 636 g/mol. The highest BCUT2D eigenvalue weighted by molar-refractivity contribution is 7.25. The summed E-state index contributed by atoms with van der Waals surface area (Å²) in [5.41, 5.74) is 7.16. The Bertz CT molecular complexity index is 2710. The maximum atomic E-state index is 6.58. The van der Waals surface area contributed by atoms with Crippen LogP contribution >= 0.6 is 11.3 Å². The van der Waals surface area contributed by atoms with Gasteiger partial charge in [-0.2, -0.15) is 0 Å². The van der Waals surface area contributed by atoms with E-state index in [9.17, 15) is 0 Å². The van der Waals surface area contributed by atoms with Crippen LogP contribution in [-0.2, 0) is 0 Å². The largest absolute Gasteiger partial charge is 0.456 e. The summed E-state index contributed by atoms with van der Waals surface area (Å²) in [5, 5.41) is 14.6. The predicted molar refractivity (Wildman–Crippen MR) is 199 cm³/mol. The van der Waals surface area contributed by atoms with Gasteiger partial charge in [-0.1, -0.05) is 97.1 Å². The second kappa shape index (κ2) is 10.9. The Morgan fingerprint density at radius 3 is 2.40 bits per heavy atom. The quantitative estimate of drug-likeness (QED) is 0.202. The molecule has 0 radical (unpaired) electrons. The van der Waals surface area contributed by atoms with Gasteiger partial charge in [0, 0.05) is 54.5 Å². The Labute approximate surface area is 280 Å². The zero-order valence-electron chi connectivity index (χ0n) is 25.7. The van der Waals surface area contributed by atoms with Crippen LogP contribution in [0.15, 0.2) is 155 Å². The van der Waals surface area contributed by atoms with E-state index in [0.717, 1.165) is 50.0 Å². The average Bonchev–Trinajstić information content (AvgIpc) is 3.73. The van der Waals surface area contributed by atoms with Gasteiger partial charge in [0.2, 0.25) is 0 Å². The summed E-state index contributed by atoms with van der Waals surface area (Å²) in [5.74, 6) is 0.841. The molecule has 48 heavy (non-hydrogen) atoms. The number of aliphatic imine (C=N–C) groups is 1. The number of amidine groups is 1. The molecule has 3 aromatic heterocycles. The summed E-state index contributed by atoms with van der Waals surface area (Å²) < 4.78 is 9.13. The van der Waals surface area contributed by atoms with Crippen molar-refractivity contribution in [1.29, 1.82) is 0 Å². The molecule has 0 saturated carbocycles. The van der Waals surface area contributed by atoms with E-state index < -0.39 is 0 Å². The lowest BCUT2D eigenvalue weighted by atomic mass is 9.94. The van der Waals surface area contributed by atoms with Gasteiger partial charge in [0.05, 0.1) is 0 Å². The van der Waals surface area contributed by atoms with Crippen molar-refractivity contribution in [2.75, 3.05) is 0 Å². The van der Waals surface area contributed by atoms with Gasteiger partial charge in [0.1, 0.15) is 29.3 Å². The van der Waals surface area contributed by atoms with Crippen molar-refractivity contribution in [2.24, 2.45) is 4.99 Å². The molecule has 2 N–H and O–H groups in total. The normalized spacial score (nSPS) is 16.5. The molecule has 228 valence electrons. The number of nitrogens with one attached hydrogen (secondary N) is 2. The molecule has 1 aliphatic heterocycles. The Morgan fingerprint density at radius 2 is 1.46 bits per heavy atom. The lowest BCUT2D eigenvalue weighted by molar-refractivity contribution is 0.411. The van der Waals surface area contributed by atoms with Crippen molar-refractivity contribution in [3.8, 4) is 11.1 Å². The van der Waals surface area contributed by atoms with Crippen LogP contribution in [0.5, 0.6) is 0 Å². The average molecular weight is 637 g/mol. The number of hydrogen-bond acceptors (Lipinski definition) is 6. The molecular formula is C42H28N4OS. The van der Waals surface area contributed by atoms with E-state index in [-0.39, 0.29) is 12.3 Å². The fraction of sp³-hybridized carbons (Fsp3) is 0.0476. The van der Waals surface area contributed by atoms with Crippen molar-refractivity contribution in [3.05, 3.63) is 163 Å². The van der Waals surface area contributed by atoms with E-state index in [1.165, 1.54) is 36.5 Å². The van der Waals surface area contributed by atoms with Gasteiger partial charge in [-0.25, -0.2) is 4.99 Å². The van der Waals surface area contributed by atoms with Crippen molar-refractivity contribution in [1.82, 2.24) is 15.6 Å². The molecule has 0 aliphatic carbocycles. The first-order chi connectivity index (χ1) is 23.8. The van der Waals surface area contributed by atoms with Gasteiger partial charge in [-0.05, 0) is 63.9 Å². The molecule has 4 heterocycles.